The number of carbonyl (C=O) groups is 1. The molecule has 0 bridgehead atoms. The van der Waals surface area contributed by atoms with Gasteiger partial charge in [0.15, 0.2) is 0 Å². The van der Waals surface area contributed by atoms with Crippen LogP contribution in [-0.2, 0) is 16.8 Å². The van der Waals surface area contributed by atoms with Gasteiger partial charge in [-0.05, 0) is 30.5 Å². The van der Waals surface area contributed by atoms with Gasteiger partial charge in [-0.25, -0.2) is 4.79 Å². The zero-order chi connectivity index (χ0) is 15.9. The molecule has 0 unspecified atom stereocenters. The van der Waals surface area contributed by atoms with Gasteiger partial charge in [-0.15, -0.1) is 0 Å². The highest BCUT2D eigenvalue weighted by molar-refractivity contribution is 7.87. The van der Waals surface area contributed by atoms with Crippen molar-refractivity contribution in [1.82, 2.24) is 9.03 Å². The molecule has 1 rings (SSSR count). The van der Waals surface area contributed by atoms with E-state index in [2.05, 4.69) is 4.72 Å². The van der Waals surface area contributed by atoms with Crippen LogP contribution in [0.25, 0.3) is 0 Å². The van der Waals surface area contributed by atoms with Gasteiger partial charge in [-0.1, -0.05) is 26.0 Å². The summed E-state index contributed by atoms with van der Waals surface area (Å²) in [7, 11) is -3.54. The highest BCUT2D eigenvalue weighted by Gasteiger charge is 2.19. The van der Waals surface area contributed by atoms with E-state index in [0.29, 0.717) is 18.7 Å². The minimum atomic E-state index is -3.54. The molecule has 0 amide bonds. The average Bonchev–Trinajstić information content (AvgIpc) is 2.45. The average molecular weight is 314 g/mol. The Balaban J connectivity index is 2.76. The summed E-state index contributed by atoms with van der Waals surface area (Å²) in [4.78, 5) is 10.9. The molecule has 0 aliphatic heterocycles. The molecule has 2 N–H and O–H groups in total. The number of carboxylic acid groups (broad SMARTS) is 1. The lowest BCUT2D eigenvalue weighted by Gasteiger charge is -2.21. The fraction of sp³-hybridized carbons (Fsp3) is 0.500. The summed E-state index contributed by atoms with van der Waals surface area (Å²) in [5.74, 6) is -1.03. The number of nitrogens with zero attached hydrogens (tertiary/aromatic N) is 1. The van der Waals surface area contributed by atoms with Crippen molar-refractivity contribution in [2.45, 2.75) is 33.2 Å². The molecule has 118 valence electrons. The van der Waals surface area contributed by atoms with Crippen molar-refractivity contribution in [1.29, 1.82) is 0 Å². The maximum Gasteiger partial charge on any atom is 0.335 e. The summed E-state index contributed by atoms with van der Waals surface area (Å²) in [6, 6.07) is 6.23. The van der Waals surface area contributed by atoms with Crippen molar-refractivity contribution in [2.75, 3.05) is 13.1 Å². The van der Waals surface area contributed by atoms with E-state index in [1.807, 2.05) is 13.8 Å². The standard InChI is InChI=1S/C14H22N2O4S/c1-3-8-16(9-4-2)21(19,20)15-11-12-6-5-7-13(10-12)14(17)18/h5-7,10,15H,3-4,8-9,11H2,1-2H3,(H,17,18). The van der Waals surface area contributed by atoms with Crippen molar-refractivity contribution in [2.24, 2.45) is 0 Å². The predicted molar refractivity (Wildman–Crippen MR) is 81.3 cm³/mol. The van der Waals surface area contributed by atoms with Gasteiger partial charge >= 0.3 is 5.97 Å². The van der Waals surface area contributed by atoms with E-state index in [-0.39, 0.29) is 12.1 Å². The number of carboxylic acids is 1. The highest BCUT2D eigenvalue weighted by atomic mass is 32.2. The Morgan fingerprint density at radius 1 is 1.24 bits per heavy atom. The second-order valence-electron chi connectivity index (χ2n) is 4.73. The molecule has 0 aliphatic rings. The molecule has 0 saturated carbocycles. The summed E-state index contributed by atoms with van der Waals surface area (Å²) in [5, 5.41) is 8.92. The molecule has 21 heavy (non-hydrogen) atoms. The van der Waals surface area contributed by atoms with E-state index in [1.165, 1.54) is 16.4 Å². The fourth-order valence-electron chi connectivity index (χ4n) is 1.93. The van der Waals surface area contributed by atoms with Gasteiger partial charge in [0.25, 0.3) is 10.2 Å². The molecule has 0 saturated heterocycles. The van der Waals surface area contributed by atoms with Gasteiger partial charge in [0.2, 0.25) is 0 Å². The minimum absolute atomic E-state index is 0.0768. The summed E-state index contributed by atoms with van der Waals surface area (Å²) in [6.07, 6.45) is 1.49. The van der Waals surface area contributed by atoms with Gasteiger partial charge in [-0.2, -0.15) is 17.4 Å². The number of aromatic carboxylic acids is 1. The molecule has 0 aromatic heterocycles. The molecular formula is C14H22N2O4S. The van der Waals surface area contributed by atoms with Crippen molar-refractivity contribution >= 4 is 16.2 Å². The molecular weight excluding hydrogens is 292 g/mol. The van der Waals surface area contributed by atoms with E-state index in [9.17, 15) is 13.2 Å². The van der Waals surface area contributed by atoms with Gasteiger partial charge < -0.3 is 5.11 Å². The third-order valence-electron chi connectivity index (χ3n) is 2.92. The van der Waals surface area contributed by atoms with E-state index in [0.717, 1.165) is 12.8 Å². The zero-order valence-electron chi connectivity index (χ0n) is 12.4. The third kappa shape index (κ3) is 5.45. The van der Waals surface area contributed by atoms with Crippen LogP contribution in [-0.4, -0.2) is 36.9 Å². The lowest BCUT2D eigenvalue weighted by molar-refractivity contribution is 0.0696. The Hall–Kier alpha value is -1.44. The first-order chi connectivity index (χ1) is 9.90. The largest absolute Gasteiger partial charge is 0.478 e. The summed E-state index contributed by atoms with van der Waals surface area (Å²) in [6.45, 7) is 4.87. The molecule has 0 atom stereocenters. The van der Waals surface area contributed by atoms with Gasteiger partial charge in [0.05, 0.1) is 5.56 Å². The Kier molecular flexibility index (Phi) is 6.80. The van der Waals surface area contributed by atoms with Gasteiger partial charge in [0.1, 0.15) is 0 Å². The SMILES string of the molecule is CCCN(CCC)S(=O)(=O)NCc1cccc(C(=O)O)c1. The number of hydrogen-bond donors (Lipinski definition) is 2. The second-order valence-corrected chi connectivity index (χ2v) is 6.49. The van der Waals surface area contributed by atoms with Crippen LogP contribution in [0.2, 0.25) is 0 Å². The van der Waals surface area contributed by atoms with E-state index in [1.54, 1.807) is 12.1 Å². The van der Waals surface area contributed by atoms with E-state index in [4.69, 9.17) is 5.11 Å². The Labute approximate surface area is 126 Å². The van der Waals surface area contributed by atoms with Crippen LogP contribution in [0.1, 0.15) is 42.6 Å². The fourth-order valence-corrected chi connectivity index (χ4v) is 3.31. The molecule has 6 nitrogen and oxygen atoms in total. The molecule has 0 aliphatic carbocycles. The van der Waals surface area contributed by atoms with Crippen LogP contribution in [0.3, 0.4) is 0 Å². The monoisotopic (exact) mass is 314 g/mol. The normalized spacial score (nSPS) is 11.8. The first-order valence-electron chi connectivity index (χ1n) is 6.97. The van der Waals surface area contributed by atoms with Crippen LogP contribution in [0.4, 0.5) is 0 Å². The first kappa shape index (κ1) is 17.6. The van der Waals surface area contributed by atoms with Crippen LogP contribution < -0.4 is 4.72 Å². The summed E-state index contributed by atoms with van der Waals surface area (Å²) >= 11 is 0. The Morgan fingerprint density at radius 2 is 1.86 bits per heavy atom. The lowest BCUT2D eigenvalue weighted by Crippen LogP contribution is -2.41. The number of benzene rings is 1. The smallest absolute Gasteiger partial charge is 0.335 e. The molecule has 1 aromatic rings. The van der Waals surface area contributed by atoms with Crippen LogP contribution in [0.5, 0.6) is 0 Å². The predicted octanol–water partition coefficient (Wildman–Crippen LogP) is 1.84. The van der Waals surface area contributed by atoms with Crippen molar-refractivity contribution in [3.63, 3.8) is 0 Å². The zero-order valence-corrected chi connectivity index (χ0v) is 13.2. The molecule has 0 spiro atoms. The topological polar surface area (TPSA) is 86.7 Å². The maximum atomic E-state index is 12.2. The lowest BCUT2D eigenvalue weighted by atomic mass is 10.1. The van der Waals surface area contributed by atoms with E-state index < -0.39 is 16.2 Å². The quantitative estimate of drug-likeness (QED) is 0.728. The third-order valence-corrected chi connectivity index (χ3v) is 4.47. The van der Waals surface area contributed by atoms with Crippen LogP contribution in [0, 0.1) is 0 Å². The van der Waals surface area contributed by atoms with Crippen molar-refractivity contribution in [3.8, 4) is 0 Å². The van der Waals surface area contributed by atoms with Crippen LogP contribution >= 0.6 is 0 Å². The number of nitrogens with one attached hydrogen (secondary N) is 1. The molecule has 0 radical (unpaired) electrons. The van der Waals surface area contributed by atoms with Gasteiger partial charge in [-0.3, -0.25) is 0 Å². The summed E-state index contributed by atoms with van der Waals surface area (Å²) in [5.41, 5.74) is 0.761. The highest BCUT2D eigenvalue weighted by Crippen LogP contribution is 2.07. The van der Waals surface area contributed by atoms with Crippen LogP contribution in [0.15, 0.2) is 24.3 Å². The molecule has 7 heteroatoms. The van der Waals surface area contributed by atoms with Gasteiger partial charge in [0, 0.05) is 19.6 Å². The number of hydrogen-bond acceptors (Lipinski definition) is 3. The number of rotatable bonds is 9. The maximum absolute atomic E-state index is 12.2. The Bertz CT molecular complexity index is 566. The van der Waals surface area contributed by atoms with Crippen molar-refractivity contribution in [3.05, 3.63) is 35.4 Å². The molecule has 0 heterocycles. The molecule has 0 fully saturated rings. The Morgan fingerprint density at radius 3 is 2.38 bits per heavy atom. The minimum Gasteiger partial charge on any atom is -0.478 e. The second kappa shape index (κ2) is 8.11. The first-order valence-corrected chi connectivity index (χ1v) is 8.41. The van der Waals surface area contributed by atoms with E-state index >= 15 is 0 Å². The van der Waals surface area contributed by atoms with Crippen molar-refractivity contribution < 1.29 is 18.3 Å². The molecule has 1 aromatic carbocycles. The summed E-state index contributed by atoms with van der Waals surface area (Å²) < 4.78 is 28.3.